The molecule has 1 aliphatic rings. The van der Waals surface area contributed by atoms with Gasteiger partial charge in [0.15, 0.2) is 6.61 Å². The first-order chi connectivity index (χ1) is 13.0. The highest BCUT2D eigenvalue weighted by atomic mass is 16.5. The number of ether oxygens (including phenoxy) is 1. The number of carbonyl (C=O) groups is 3. The van der Waals surface area contributed by atoms with Gasteiger partial charge in [-0.1, -0.05) is 6.07 Å². The fourth-order valence-corrected chi connectivity index (χ4v) is 2.76. The van der Waals surface area contributed by atoms with Gasteiger partial charge in [0.25, 0.3) is 11.5 Å². The Labute approximate surface area is 155 Å². The summed E-state index contributed by atoms with van der Waals surface area (Å²) in [5, 5.41) is 2.61. The van der Waals surface area contributed by atoms with Gasteiger partial charge in [-0.15, -0.1) is 0 Å². The standard InChI is InChI=1S/C19H19N3O5/c23-16(13-27-19(26)12-21-10-2-1-4-17(21)24)20-14-6-8-15(9-7-14)22-11-3-5-18(22)25/h1-2,4,6-10H,3,5,11-13H2,(H,20,23). The zero-order valence-electron chi connectivity index (χ0n) is 14.6. The number of hydrogen-bond donors (Lipinski definition) is 1. The summed E-state index contributed by atoms with van der Waals surface area (Å²) >= 11 is 0. The fourth-order valence-electron chi connectivity index (χ4n) is 2.76. The van der Waals surface area contributed by atoms with Crippen LogP contribution in [-0.2, 0) is 25.7 Å². The van der Waals surface area contributed by atoms with Crippen LogP contribution < -0.4 is 15.8 Å². The van der Waals surface area contributed by atoms with E-state index in [1.165, 1.54) is 16.8 Å². The van der Waals surface area contributed by atoms with Crippen molar-refractivity contribution in [2.45, 2.75) is 19.4 Å². The molecule has 0 radical (unpaired) electrons. The average Bonchev–Trinajstić information content (AvgIpc) is 3.09. The Bertz CT molecular complexity index is 904. The number of pyridine rings is 1. The third-order valence-corrected chi connectivity index (χ3v) is 4.10. The van der Waals surface area contributed by atoms with Gasteiger partial charge >= 0.3 is 5.97 Å². The summed E-state index contributed by atoms with van der Waals surface area (Å²) in [5.74, 6) is -1.08. The van der Waals surface area contributed by atoms with Gasteiger partial charge in [-0.2, -0.15) is 0 Å². The second-order valence-corrected chi connectivity index (χ2v) is 6.07. The minimum atomic E-state index is -0.679. The van der Waals surface area contributed by atoms with Gasteiger partial charge in [-0.25, -0.2) is 0 Å². The molecule has 0 spiro atoms. The van der Waals surface area contributed by atoms with Gasteiger partial charge in [-0.3, -0.25) is 19.2 Å². The van der Waals surface area contributed by atoms with E-state index in [0.717, 1.165) is 12.1 Å². The van der Waals surface area contributed by atoms with Gasteiger partial charge < -0.3 is 19.5 Å². The molecule has 1 aromatic heterocycles. The van der Waals surface area contributed by atoms with Gasteiger partial charge in [0.05, 0.1) is 0 Å². The van der Waals surface area contributed by atoms with E-state index >= 15 is 0 Å². The van der Waals surface area contributed by atoms with Crippen LogP contribution in [0.3, 0.4) is 0 Å². The lowest BCUT2D eigenvalue weighted by molar-refractivity contribution is -0.147. The quantitative estimate of drug-likeness (QED) is 0.771. The predicted octanol–water partition coefficient (Wildman–Crippen LogP) is 1.16. The highest BCUT2D eigenvalue weighted by Crippen LogP contribution is 2.22. The predicted molar refractivity (Wildman–Crippen MR) is 98.3 cm³/mol. The molecule has 1 aliphatic heterocycles. The van der Waals surface area contributed by atoms with Crippen molar-refractivity contribution in [2.24, 2.45) is 0 Å². The van der Waals surface area contributed by atoms with Gasteiger partial charge in [0, 0.05) is 36.6 Å². The molecule has 3 rings (SSSR count). The molecule has 8 nitrogen and oxygen atoms in total. The molecule has 0 aliphatic carbocycles. The molecule has 8 heteroatoms. The second-order valence-electron chi connectivity index (χ2n) is 6.07. The molecule has 2 heterocycles. The minimum absolute atomic E-state index is 0.0937. The fraction of sp³-hybridized carbons (Fsp3) is 0.263. The Morgan fingerprint density at radius 2 is 1.85 bits per heavy atom. The first kappa shape index (κ1) is 18.4. The van der Waals surface area contributed by atoms with E-state index in [2.05, 4.69) is 5.32 Å². The summed E-state index contributed by atoms with van der Waals surface area (Å²) in [6.07, 6.45) is 2.87. The van der Waals surface area contributed by atoms with Crippen molar-refractivity contribution in [3.63, 3.8) is 0 Å². The van der Waals surface area contributed by atoms with E-state index in [0.29, 0.717) is 18.7 Å². The number of esters is 1. The maximum atomic E-state index is 11.9. The van der Waals surface area contributed by atoms with Crippen molar-refractivity contribution < 1.29 is 19.1 Å². The van der Waals surface area contributed by atoms with E-state index in [1.807, 2.05) is 0 Å². The summed E-state index contributed by atoms with van der Waals surface area (Å²) in [6.45, 7) is -0.0106. The Balaban J connectivity index is 1.47. The van der Waals surface area contributed by atoms with Crippen LogP contribution in [0.15, 0.2) is 53.5 Å². The Kier molecular flexibility index (Phi) is 5.65. The number of amides is 2. The molecule has 1 N–H and O–H groups in total. The number of nitrogens with one attached hydrogen (secondary N) is 1. The van der Waals surface area contributed by atoms with E-state index in [9.17, 15) is 19.2 Å². The molecule has 1 saturated heterocycles. The SMILES string of the molecule is O=C(COC(=O)Cn1ccccc1=O)Nc1ccc(N2CCCC2=O)cc1. The number of anilines is 2. The van der Waals surface area contributed by atoms with Crippen LogP contribution in [0.25, 0.3) is 0 Å². The van der Waals surface area contributed by atoms with Crippen LogP contribution in [-0.4, -0.2) is 35.5 Å². The molecule has 27 heavy (non-hydrogen) atoms. The number of rotatable bonds is 6. The maximum Gasteiger partial charge on any atom is 0.326 e. The monoisotopic (exact) mass is 369 g/mol. The lowest BCUT2D eigenvalue weighted by atomic mass is 10.2. The van der Waals surface area contributed by atoms with Crippen molar-refractivity contribution in [2.75, 3.05) is 23.4 Å². The molecule has 2 amide bonds. The average molecular weight is 369 g/mol. The second kappa shape index (κ2) is 8.31. The summed E-state index contributed by atoms with van der Waals surface area (Å²) in [6, 6.07) is 11.4. The summed E-state index contributed by atoms with van der Waals surface area (Å²) in [5.41, 5.74) is 0.997. The van der Waals surface area contributed by atoms with Crippen molar-refractivity contribution >= 4 is 29.2 Å². The summed E-state index contributed by atoms with van der Waals surface area (Å²) in [7, 11) is 0. The number of aromatic nitrogens is 1. The third kappa shape index (κ3) is 4.81. The molecular weight excluding hydrogens is 350 g/mol. The van der Waals surface area contributed by atoms with Crippen LogP contribution in [0.5, 0.6) is 0 Å². The lowest BCUT2D eigenvalue weighted by Gasteiger charge is -2.16. The molecule has 1 fully saturated rings. The van der Waals surface area contributed by atoms with Crippen LogP contribution in [0.1, 0.15) is 12.8 Å². The molecule has 1 aromatic carbocycles. The Hall–Kier alpha value is -3.42. The molecule has 140 valence electrons. The summed E-state index contributed by atoms with van der Waals surface area (Å²) < 4.78 is 6.08. The van der Waals surface area contributed by atoms with E-state index in [-0.39, 0.29) is 18.0 Å². The van der Waals surface area contributed by atoms with Crippen LogP contribution >= 0.6 is 0 Å². The molecule has 0 unspecified atom stereocenters. The maximum absolute atomic E-state index is 11.9. The first-order valence-electron chi connectivity index (χ1n) is 8.54. The first-order valence-corrected chi connectivity index (χ1v) is 8.54. The van der Waals surface area contributed by atoms with E-state index in [4.69, 9.17) is 4.74 Å². The zero-order chi connectivity index (χ0) is 19.2. The van der Waals surface area contributed by atoms with E-state index < -0.39 is 18.5 Å². The van der Waals surface area contributed by atoms with Crippen LogP contribution in [0.4, 0.5) is 11.4 Å². The number of carbonyl (C=O) groups excluding carboxylic acids is 3. The largest absolute Gasteiger partial charge is 0.454 e. The lowest BCUT2D eigenvalue weighted by Crippen LogP contribution is -2.27. The van der Waals surface area contributed by atoms with Crippen molar-refractivity contribution in [1.29, 1.82) is 0 Å². The highest BCUT2D eigenvalue weighted by molar-refractivity contribution is 5.96. The number of hydrogen-bond acceptors (Lipinski definition) is 5. The van der Waals surface area contributed by atoms with Gasteiger partial charge in [0.1, 0.15) is 6.54 Å². The summed E-state index contributed by atoms with van der Waals surface area (Å²) in [4.78, 5) is 48.6. The molecule has 0 saturated carbocycles. The normalized spacial score (nSPS) is 13.5. The van der Waals surface area contributed by atoms with Crippen molar-refractivity contribution in [3.05, 3.63) is 59.0 Å². The molecular formula is C19H19N3O5. The van der Waals surface area contributed by atoms with Gasteiger partial charge in [-0.05, 0) is 36.8 Å². The van der Waals surface area contributed by atoms with Gasteiger partial charge in [0.2, 0.25) is 5.91 Å². The Morgan fingerprint density at radius 1 is 1.07 bits per heavy atom. The third-order valence-electron chi connectivity index (χ3n) is 4.10. The highest BCUT2D eigenvalue weighted by Gasteiger charge is 2.21. The zero-order valence-corrected chi connectivity index (χ0v) is 14.6. The molecule has 0 atom stereocenters. The topological polar surface area (TPSA) is 97.7 Å². The van der Waals surface area contributed by atoms with Crippen molar-refractivity contribution in [3.8, 4) is 0 Å². The minimum Gasteiger partial charge on any atom is -0.454 e. The van der Waals surface area contributed by atoms with Crippen molar-refractivity contribution in [1.82, 2.24) is 4.57 Å². The Morgan fingerprint density at radius 3 is 2.52 bits per heavy atom. The van der Waals surface area contributed by atoms with Crippen LogP contribution in [0, 0.1) is 0 Å². The number of nitrogens with zero attached hydrogens (tertiary/aromatic N) is 2. The number of benzene rings is 1. The molecule has 0 bridgehead atoms. The molecule has 2 aromatic rings. The van der Waals surface area contributed by atoms with Crippen LogP contribution in [0.2, 0.25) is 0 Å². The van der Waals surface area contributed by atoms with E-state index in [1.54, 1.807) is 41.3 Å². The smallest absolute Gasteiger partial charge is 0.326 e.